The van der Waals surface area contributed by atoms with E-state index in [9.17, 15) is 4.79 Å². The van der Waals surface area contributed by atoms with Crippen molar-refractivity contribution in [2.75, 3.05) is 0 Å². The Bertz CT molecular complexity index is 861. The molecule has 2 heterocycles. The first-order chi connectivity index (χ1) is 11.2. The number of nitrogens with zero attached hydrogens (tertiary/aromatic N) is 3. The van der Waals surface area contributed by atoms with E-state index in [4.69, 9.17) is 0 Å². The Labute approximate surface area is 134 Å². The lowest BCUT2D eigenvalue weighted by atomic mass is 9.93. The zero-order chi connectivity index (χ0) is 15.8. The number of fused-ring (bicyclic) bond motifs is 2. The summed E-state index contributed by atoms with van der Waals surface area (Å²) in [7, 11) is 1.97. The van der Waals surface area contributed by atoms with Crippen LogP contribution >= 0.6 is 0 Å². The summed E-state index contributed by atoms with van der Waals surface area (Å²) in [6.45, 7) is 0.347. The highest BCUT2D eigenvalue weighted by Gasteiger charge is 2.24. The molecular formula is C18H20N4O. The maximum Gasteiger partial charge on any atom is 0.240 e. The maximum absolute atomic E-state index is 12.5. The molecule has 3 aromatic rings. The van der Waals surface area contributed by atoms with Crippen molar-refractivity contribution >= 4 is 16.8 Å². The largest absolute Gasteiger partial charge is 0.348 e. The van der Waals surface area contributed by atoms with Crippen molar-refractivity contribution in [2.24, 2.45) is 7.05 Å². The number of para-hydroxylation sites is 1. The average Bonchev–Trinajstić information content (AvgIpc) is 3.13. The second-order valence-electron chi connectivity index (χ2n) is 6.18. The van der Waals surface area contributed by atoms with Gasteiger partial charge in [0.05, 0.1) is 12.2 Å². The summed E-state index contributed by atoms with van der Waals surface area (Å²) in [5.41, 5.74) is 3.51. The van der Waals surface area contributed by atoms with Crippen LogP contribution in [-0.4, -0.2) is 20.3 Å². The molecule has 1 aromatic carbocycles. The molecule has 5 heteroatoms. The number of hydrogen-bond acceptors (Lipinski definition) is 2. The quantitative estimate of drug-likeness (QED) is 0.808. The zero-order valence-corrected chi connectivity index (χ0v) is 13.2. The van der Waals surface area contributed by atoms with Gasteiger partial charge in [-0.05, 0) is 36.8 Å². The van der Waals surface area contributed by atoms with Crippen LogP contribution in [0.4, 0.5) is 0 Å². The first-order valence-electron chi connectivity index (χ1n) is 8.06. The Balaban J connectivity index is 1.51. The van der Waals surface area contributed by atoms with E-state index in [-0.39, 0.29) is 11.9 Å². The van der Waals surface area contributed by atoms with Gasteiger partial charge in [-0.1, -0.05) is 18.2 Å². The van der Waals surface area contributed by atoms with Crippen LogP contribution in [0, 0.1) is 0 Å². The number of nitrogens with one attached hydrogen (secondary N) is 1. The Morgan fingerprint density at radius 2 is 2.22 bits per heavy atom. The second kappa shape index (κ2) is 5.57. The minimum Gasteiger partial charge on any atom is -0.348 e. The average molecular weight is 308 g/mol. The Hall–Kier alpha value is -2.56. The van der Waals surface area contributed by atoms with Gasteiger partial charge in [0.15, 0.2) is 0 Å². The van der Waals surface area contributed by atoms with E-state index >= 15 is 0 Å². The number of amides is 1. The number of hydrogen-bond donors (Lipinski definition) is 1. The van der Waals surface area contributed by atoms with Gasteiger partial charge in [0.25, 0.3) is 0 Å². The van der Waals surface area contributed by atoms with Crippen LogP contribution in [0.3, 0.4) is 0 Å². The predicted molar refractivity (Wildman–Crippen MR) is 89.0 cm³/mol. The van der Waals surface area contributed by atoms with Gasteiger partial charge in [0, 0.05) is 30.0 Å². The molecule has 1 atom stereocenters. The minimum absolute atomic E-state index is 0.0491. The SMILES string of the molecule is Cn1ncc2c1CCCC2NC(=O)Cn1ccc2ccccc21. The third-order valence-electron chi connectivity index (χ3n) is 4.71. The summed E-state index contributed by atoms with van der Waals surface area (Å²) in [5.74, 6) is 0.0491. The molecule has 0 saturated heterocycles. The minimum atomic E-state index is 0.0491. The molecule has 118 valence electrons. The van der Waals surface area contributed by atoms with Gasteiger partial charge in [-0.2, -0.15) is 5.10 Å². The monoisotopic (exact) mass is 308 g/mol. The zero-order valence-electron chi connectivity index (χ0n) is 13.2. The van der Waals surface area contributed by atoms with E-state index in [1.54, 1.807) is 0 Å². The molecule has 1 aliphatic carbocycles. The Kier molecular flexibility index (Phi) is 3.41. The van der Waals surface area contributed by atoms with E-state index in [0.717, 1.165) is 30.2 Å². The fourth-order valence-corrected chi connectivity index (χ4v) is 3.53. The number of aromatic nitrogens is 3. The third-order valence-corrected chi connectivity index (χ3v) is 4.71. The molecule has 0 fully saturated rings. The lowest BCUT2D eigenvalue weighted by Gasteiger charge is -2.24. The molecule has 1 aliphatic rings. The molecule has 0 bridgehead atoms. The summed E-state index contributed by atoms with van der Waals surface area (Å²) in [4.78, 5) is 12.5. The second-order valence-corrected chi connectivity index (χ2v) is 6.18. The van der Waals surface area contributed by atoms with Crippen LogP contribution < -0.4 is 5.32 Å². The molecule has 1 N–H and O–H groups in total. The smallest absolute Gasteiger partial charge is 0.240 e. The van der Waals surface area contributed by atoms with Crippen LogP contribution in [0.2, 0.25) is 0 Å². The van der Waals surface area contributed by atoms with Crippen LogP contribution in [0.25, 0.3) is 10.9 Å². The van der Waals surface area contributed by atoms with Gasteiger partial charge in [-0.3, -0.25) is 9.48 Å². The van der Waals surface area contributed by atoms with Crippen molar-refractivity contribution in [3.63, 3.8) is 0 Å². The molecule has 0 spiro atoms. The fraction of sp³-hybridized carbons (Fsp3) is 0.333. The number of benzene rings is 1. The molecule has 1 unspecified atom stereocenters. The standard InChI is InChI=1S/C18H20N4O/c1-21-17-8-4-6-15(14(17)11-19-21)20-18(23)12-22-10-9-13-5-2-3-7-16(13)22/h2-3,5,7,9-11,15H,4,6,8,12H2,1H3,(H,20,23). The first-order valence-corrected chi connectivity index (χ1v) is 8.06. The van der Waals surface area contributed by atoms with Gasteiger partial charge < -0.3 is 9.88 Å². The van der Waals surface area contributed by atoms with Crippen LogP contribution in [0.5, 0.6) is 0 Å². The van der Waals surface area contributed by atoms with E-state index in [2.05, 4.69) is 16.5 Å². The van der Waals surface area contributed by atoms with Crippen molar-refractivity contribution in [1.82, 2.24) is 19.7 Å². The van der Waals surface area contributed by atoms with E-state index in [0.29, 0.717) is 6.54 Å². The summed E-state index contributed by atoms with van der Waals surface area (Å²) in [6.07, 6.45) is 6.98. The van der Waals surface area contributed by atoms with Crippen molar-refractivity contribution in [3.8, 4) is 0 Å². The summed E-state index contributed by atoms with van der Waals surface area (Å²) in [5, 5.41) is 8.67. The number of carbonyl (C=O) groups excluding carboxylic acids is 1. The number of aryl methyl sites for hydroxylation is 1. The summed E-state index contributed by atoms with van der Waals surface area (Å²) < 4.78 is 3.92. The molecule has 23 heavy (non-hydrogen) atoms. The lowest BCUT2D eigenvalue weighted by molar-refractivity contribution is -0.122. The maximum atomic E-state index is 12.5. The molecule has 4 rings (SSSR count). The van der Waals surface area contributed by atoms with Crippen molar-refractivity contribution in [3.05, 3.63) is 54.0 Å². The molecule has 1 amide bonds. The van der Waals surface area contributed by atoms with Crippen molar-refractivity contribution < 1.29 is 4.79 Å². The highest BCUT2D eigenvalue weighted by atomic mass is 16.2. The van der Waals surface area contributed by atoms with Gasteiger partial charge >= 0.3 is 0 Å². The normalized spacial score (nSPS) is 17.2. The Morgan fingerprint density at radius 1 is 1.35 bits per heavy atom. The van der Waals surface area contributed by atoms with Crippen LogP contribution in [-0.2, 0) is 24.8 Å². The molecule has 0 radical (unpaired) electrons. The summed E-state index contributed by atoms with van der Waals surface area (Å²) >= 11 is 0. The topological polar surface area (TPSA) is 51.9 Å². The fourth-order valence-electron chi connectivity index (χ4n) is 3.53. The van der Waals surface area contributed by atoms with Crippen molar-refractivity contribution in [1.29, 1.82) is 0 Å². The van der Waals surface area contributed by atoms with Crippen molar-refractivity contribution in [2.45, 2.75) is 31.8 Å². The van der Waals surface area contributed by atoms with Gasteiger partial charge in [-0.15, -0.1) is 0 Å². The number of carbonyl (C=O) groups is 1. The highest BCUT2D eigenvalue weighted by Crippen LogP contribution is 2.29. The summed E-state index contributed by atoms with van der Waals surface area (Å²) in [6, 6.07) is 10.2. The molecule has 5 nitrogen and oxygen atoms in total. The van der Waals surface area contributed by atoms with E-state index in [1.165, 1.54) is 11.3 Å². The molecule has 0 aliphatic heterocycles. The Morgan fingerprint density at radius 3 is 3.13 bits per heavy atom. The predicted octanol–water partition coefficient (Wildman–Crippen LogP) is 2.57. The molecular weight excluding hydrogens is 288 g/mol. The first kappa shape index (κ1) is 14.1. The third kappa shape index (κ3) is 2.52. The van der Waals surface area contributed by atoms with Gasteiger partial charge in [0.1, 0.15) is 6.54 Å². The molecule has 0 saturated carbocycles. The highest BCUT2D eigenvalue weighted by molar-refractivity contribution is 5.83. The lowest BCUT2D eigenvalue weighted by Crippen LogP contribution is -2.33. The molecule has 2 aromatic heterocycles. The van der Waals surface area contributed by atoms with E-state index in [1.807, 2.05) is 53.0 Å². The number of rotatable bonds is 3. The van der Waals surface area contributed by atoms with Crippen LogP contribution in [0.15, 0.2) is 42.7 Å². The van der Waals surface area contributed by atoms with Gasteiger partial charge in [-0.25, -0.2) is 0 Å². The van der Waals surface area contributed by atoms with Gasteiger partial charge in [0.2, 0.25) is 5.91 Å². The van der Waals surface area contributed by atoms with Crippen LogP contribution in [0.1, 0.15) is 30.1 Å². The van der Waals surface area contributed by atoms with E-state index < -0.39 is 0 Å².